The number of rotatable bonds is 28. The molecule has 0 aromatic rings. The molecule has 35 heavy (non-hydrogen) atoms. The first-order chi connectivity index (χ1) is 17.3. The Hall–Kier alpha value is -0.180. The van der Waals surface area contributed by atoms with Crippen LogP contribution in [0.3, 0.4) is 0 Å². The Kier molecular flexibility index (Phi) is 29.9. The van der Waals surface area contributed by atoms with Crippen molar-refractivity contribution in [2.75, 3.05) is 18.8 Å². The number of aliphatic imine (C=N–C) groups is 1. The van der Waals surface area contributed by atoms with Gasteiger partial charge in [0.15, 0.2) is 0 Å². The molecule has 2 nitrogen and oxygen atoms in total. The standard InChI is InChI=1S/C32H66N2S/c1-5-9-12-15-18-21-24-27-31-35-34(30-26-23-20-17-14-11-7-3)32(28-8-4)33-29-25-22-19-16-13-10-6-2/h5-31H2,1-4H3. The molecule has 0 N–H and O–H groups in total. The largest absolute Gasteiger partial charge is 0.304 e. The van der Waals surface area contributed by atoms with Crippen LogP contribution in [-0.4, -0.2) is 29.0 Å². The summed E-state index contributed by atoms with van der Waals surface area (Å²) in [4.78, 5) is 5.17. The fourth-order valence-corrected chi connectivity index (χ4v) is 5.78. The van der Waals surface area contributed by atoms with Gasteiger partial charge in [-0.3, -0.25) is 4.99 Å². The molecular formula is C32H66N2S. The maximum Gasteiger partial charge on any atom is 0.109 e. The van der Waals surface area contributed by atoms with E-state index in [2.05, 4.69) is 43.9 Å². The van der Waals surface area contributed by atoms with E-state index < -0.39 is 0 Å². The molecule has 3 heteroatoms. The summed E-state index contributed by atoms with van der Waals surface area (Å²) in [6, 6.07) is 0. The van der Waals surface area contributed by atoms with Gasteiger partial charge in [0.1, 0.15) is 5.84 Å². The van der Waals surface area contributed by atoms with Gasteiger partial charge in [-0.05, 0) is 37.6 Å². The van der Waals surface area contributed by atoms with Crippen LogP contribution < -0.4 is 0 Å². The van der Waals surface area contributed by atoms with Gasteiger partial charge >= 0.3 is 0 Å². The molecule has 0 aliphatic heterocycles. The highest BCUT2D eigenvalue weighted by Crippen LogP contribution is 2.20. The molecule has 0 atom stereocenters. The lowest BCUT2D eigenvalue weighted by molar-refractivity contribution is 0.540. The van der Waals surface area contributed by atoms with Crippen LogP contribution in [0.15, 0.2) is 4.99 Å². The van der Waals surface area contributed by atoms with Crippen LogP contribution in [0, 0.1) is 0 Å². The summed E-state index contributed by atoms with van der Waals surface area (Å²) in [6.45, 7) is 11.5. The Labute approximate surface area is 227 Å². The zero-order valence-corrected chi connectivity index (χ0v) is 25.7. The lowest BCUT2D eigenvalue weighted by atomic mass is 10.1. The van der Waals surface area contributed by atoms with Crippen molar-refractivity contribution in [3.8, 4) is 0 Å². The van der Waals surface area contributed by atoms with Crippen LogP contribution in [0.1, 0.15) is 182 Å². The van der Waals surface area contributed by atoms with Crippen LogP contribution in [0.4, 0.5) is 0 Å². The zero-order chi connectivity index (χ0) is 25.7. The predicted octanol–water partition coefficient (Wildman–Crippen LogP) is 11.8. The molecule has 0 aromatic heterocycles. The van der Waals surface area contributed by atoms with E-state index in [1.807, 2.05) is 0 Å². The van der Waals surface area contributed by atoms with Crippen molar-refractivity contribution in [3.05, 3.63) is 0 Å². The summed E-state index contributed by atoms with van der Waals surface area (Å²) in [7, 11) is 0. The van der Waals surface area contributed by atoms with Gasteiger partial charge in [0.25, 0.3) is 0 Å². The molecule has 0 fully saturated rings. The third-order valence-electron chi connectivity index (χ3n) is 7.03. The van der Waals surface area contributed by atoms with E-state index in [4.69, 9.17) is 4.99 Å². The maximum atomic E-state index is 5.17. The highest BCUT2D eigenvalue weighted by molar-refractivity contribution is 7.97. The van der Waals surface area contributed by atoms with Gasteiger partial charge in [-0.1, -0.05) is 150 Å². The van der Waals surface area contributed by atoms with E-state index >= 15 is 0 Å². The minimum absolute atomic E-state index is 1.04. The zero-order valence-electron chi connectivity index (χ0n) is 24.9. The third kappa shape index (κ3) is 25.3. The van der Waals surface area contributed by atoms with E-state index in [0.29, 0.717) is 0 Å². The maximum absolute atomic E-state index is 5.17. The lowest BCUT2D eigenvalue weighted by Gasteiger charge is -2.25. The van der Waals surface area contributed by atoms with Crippen molar-refractivity contribution in [1.29, 1.82) is 0 Å². The van der Waals surface area contributed by atoms with Crippen LogP contribution in [0.5, 0.6) is 0 Å². The van der Waals surface area contributed by atoms with Crippen molar-refractivity contribution in [3.63, 3.8) is 0 Å². The molecule has 0 spiro atoms. The Morgan fingerprint density at radius 1 is 0.486 bits per heavy atom. The first kappa shape index (κ1) is 34.8. The predicted molar refractivity (Wildman–Crippen MR) is 165 cm³/mol. The fraction of sp³-hybridized carbons (Fsp3) is 0.969. The summed E-state index contributed by atoms with van der Waals surface area (Å²) in [5.41, 5.74) is 0. The molecule has 0 bridgehead atoms. The third-order valence-corrected chi connectivity index (χ3v) is 8.20. The summed E-state index contributed by atoms with van der Waals surface area (Å²) in [5.74, 6) is 2.67. The minimum Gasteiger partial charge on any atom is -0.304 e. The highest BCUT2D eigenvalue weighted by atomic mass is 32.2. The number of unbranched alkanes of at least 4 members (excludes halogenated alkanes) is 19. The number of hydrogen-bond acceptors (Lipinski definition) is 2. The first-order valence-corrected chi connectivity index (χ1v) is 17.2. The van der Waals surface area contributed by atoms with E-state index in [1.54, 1.807) is 0 Å². The van der Waals surface area contributed by atoms with Crippen molar-refractivity contribution in [2.45, 2.75) is 182 Å². The molecule has 0 aliphatic rings. The number of hydrogen-bond donors (Lipinski definition) is 0. The minimum atomic E-state index is 1.04. The molecule has 0 rings (SSSR count). The molecule has 0 heterocycles. The molecule has 0 saturated heterocycles. The first-order valence-electron chi connectivity index (χ1n) is 16.2. The average molecular weight is 511 g/mol. The Morgan fingerprint density at radius 2 is 0.914 bits per heavy atom. The Bertz CT molecular complexity index is 424. The van der Waals surface area contributed by atoms with Gasteiger partial charge in [-0.2, -0.15) is 0 Å². The molecule has 0 saturated carbocycles. The second-order valence-electron chi connectivity index (χ2n) is 10.7. The molecule has 0 radical (unpaired) electrons. The topological polar surface area (TPSA) is 15.6 Å². The molecule has 0 aliphatic carbocycles. The van der Waals surface area contributed by atoms with Crippen LogP contribution >= 0.6 is 11.9 Å². The van der Waals surface area contributed by atoms with Gasteiger partial charge in [0.2, 0.25) is 0 Å². The molecule has 0 amide bonds. The van der Waals surface area contributed by atoms with Gasteiger partial charge < -0.3 is 4.31 Å². The monoisotopic (exact) mass is 510 g/mol. The Morgan fingerprint density at radius 3 is 1.40 bits per heavy atom. The van der Waals surface area contributed by atoms with E-state index in [1.165, 1.54) is 166 Å². The summed E-state index contributed by atoms with van der Waals surface area (Å²) in [6.07, 6.45) is 33.0. The van der Waals surface area contributed by atoms with Crippen molar-refractivity contribution in [2.24, 2.45) is 4.99 Å². The molecule has 0 unspecified atom stereocenters. The molecule has 210 valence electrons. The molecular weight excluding hydrogens is 444 g/mol. The van der Waals surface area contributed by atoms with Crippen molar-refractivity contribution in [1.82, 2.24) is 4.31 Å². The van der Waals surface area contributed by atoms with E-state index in [-0.39, 0.29) is 0 Å². The number of amidine groups is 1. The van der Waals surface area contributed by atoms with Crippen LogP contribution in [0.2, 0.25) is 0 Å². The summed E-state index contributed by atoms with van der Waals surface area (Å²) < 4.78 is 2.62. The van der Waals surface area contributed by atoms with Crippen LogP contribution in [0.25, 0.3) is 0 Å². The van der Waals surface area contributed by atoms with Gasteiger partial charge in [-0.15, -0.1) is 0 Å². The summed E-state index contributed by atoms with van der Waals surface area (Å²) >= 11 is 2.09. The Balaban J connectivity index is 4.44. The van der Waals surface area contributed by atoms with Crippen molar-refractivity contribution >= 4 is 17.8 Å². The van der Waals surface area contributed by atoms with E-state index in [0.717, 1.165) is 13.0 Å². The lowest BCUT2D eigenvalue weighted by Crippen LogP contribution is -2.26. The van der Waals surface area contributed by atoms with Crippen molar-refractivity contribution < 1.29 is 0 Å². The van der Waals surface area contributed by atoms with E-state index in [9.17, 15) is 0 Å². The highest BCUT2D eigenvalue weighted by Gasteiger charge is 2.11. The SMILES string of the molecule is CCCCCCCCCCSN(CCCCCCCCC)C(CCC)=NCCCCCCCCC. The summed E-state index contributed by atoms with van der Waals surface area (Å²) in [5, 5.41) is 0. The quantitative estimate of drug-likeness (QED) is 0.0450. The fourth-order valence-electron chi connectivity index (χ4n) is 4.67. The van der Waals surface area contributed by atoms with Gasteiger partial charge in [0, 0.05) is 25.3 Å². The smallest absolute Gasteiger partial charge is 0.109 e. The second kappa shape index (κ2) is 30.0. The normalized spacial score (nSPS) is 11.9. The van der Waals surface area contributed by atoms with Crippen LogP contribution in [-0.2, 0) is 0 Å². The van der Waals surface area contributed by atoms with Gasteiger partial charge in [-0.25, -0.2) is 0 Å². The number of nitrogens with zero attached hydrogens (tertiary/aromatic N) is 2. The molecule has 0 aromatic carbocycles. The average Bonchev–Trinajstić information content (AvgIpc) is 2.87. The second-order valence-corrected chi connectivity index (χ2v) is 11.8. The van der Waals surface area contributed by atoms with Gasteiger partial charge in [0.05, 0.1) is 0 Å².